The first-order valence-corrected chi connectivity index (χ1v) is 10.0. The molecule has 9 heteroatoms. The SMILES string of the molecule is COc1cccc(-n2c(O)c(C=NN3CCCCC3c3cccnc3)c(=O)[nH]c2=O)c1. The van der Waals surface area contributed by atoms with Gasteiger partial charge in [-0.15, -0.1) is 0 Å². The number of nitrogens with one attached hydrogen (secondary N) is 1. The topological polar surface area (TPSA) is 113 Å². The highest BCUT2D eigenvalue weighted by atomic mass is 16.5. The van der Waals surface area contributed by atoms with Crippen LogP contribution >= 0.6 is 0 Å². The Hall–Kier alpha value is -3.88. The number of aromatic nitrogens is 3. The van der Waals surface area contributed by atoms with Gasteiger partial charge in [0.15, 0.2) is 0 Å². The molecule has 1 atom stereocenters. The van der Waals surface area contributed by atoms with Gasteiger partial charge in [0.25, 0.3) is 5.56 Å². The molecule has 1 saturated heterocycles. The standard InChI is InChI=1S/C22H23N5O4/c1-31-17-8-4-7-16(12-17)27-21(29)18(20(28)25-22(27)30)14-24-26-11-3-2-9-19(26)15-6-5-10-23-13-15/h4-8,10,12-14,19,29H,2-3,9,11H2,1H3,(H,25,28,30). The van der Waals surface area contributed by atoms with E-state index in [1.165, 1.54) is 13.3 Å². The highest BCUT2D eigenvalue weighted by molar-refractivity contribution is 5.82. The third-order valence-corrected chi connectivity index (χ3v) is 5.31. The molecule has 9 nitrogen and oxygen atoms in total. The lowest BCUT2D eigenvalue weighted by Crippen LogP contribution is -2.32. The number of hydrazone groups is 1. The number of hydrogen-bond donors (Lipinski definition) is 2. The van der Waals surface area contributed by atoms with Crippen molar-refractivity contribution in [3.63, 3.8) is 0 Å². The number of benzene rings is 1. The molecule has 0 amide bonds. The van der Waals surface area contributed by atoms with Crippen LogP contribution in [0, 0.1) is 0 Å². The molecule has 0 bridgehead atoms. The van der Waals surface area contributed by atoms with Gasteiger partial charge < -0.3 is 9.84 Å². The first-order chi connectivity index (χ1) is 15.1. The number of aromatic amines is 1. The van der Waals surface area contributed by atoms with Gasteiger partial charge >= 0.3 is 5.69 Å². The molecular weight excluding hydrogens is 398 g/mol. The number of rotatable bonds is 5. The predicted molar refractivity (Wildman–Crippen MR) is 116 cm³/mol. The van der Waals surface area contributed by atoms with Crippen molar-refractivity contribution in [3.8, 4) is 17.3 Å². The van der Waals surface area contributed by atoms with E-state index in [-0.39, 0.29) is 11.6 Å². The number of aromatic hydroxyl groups is 1. The Labute approximate surface area is 178 Å². The van der Waals surface area contributed by atoms with E-state index in [1.807, 2.05) is 23.3 Å². The van der Waals surface area contributed by atoms with Crippen molar-refractivity contribution < 1.29 is 9.84 Å². The average Bonchev–Trinajstić information content (AvgIpc) is 2.79. The Morgan fingerprint density at radius 1 is 1.26 bits per heavy atom. The smallest absolute Gasteiger partial charge is 0.335 e. The normalized spacial score (nSPS) is 16.5. The van der Waals surface area contributed by atoms with Crippen LogP contribution in [-0.2, 0) is 0 Å². The Morgan fingerprint density at radius 2 is 2.13 bits per heavy atom. The highest BCUT2D eigenvalue weighted by Crippen LogP contribution is 2.30. The van der Waals surface area contributed by atoms with Gasteiger partial charge in [0.2, 0.25) is 5.88 Å². The fraction of sp³-hybridized carbons (Fsp3) is 0.273. The average molecular weight is 421 g/mol. The van der Waals surface area contributed by atoms with Crippen LogP contribution in [0.25, 0.3) is 5.69 Å². The number of pyridine rings is 1. The Kier molecular flexibility index (Phi) is 5.83. The summed E-state index contributed by atoms with van der Waals surface area (Å²) < 4.78 is 6.20. The molecule has 1 unspecified atom stereocenters. The van der Waals surface area contributed by atoms with E-state index in [0.29, 0.717) is 18.0 Å². The molecule has 0 radical (unpaired) electrons. The molecule has 2 aromatic heterocycles. The zero-order valence-electron chi connectivity index (χ0n) is 17.1. The third kappa shape index (κ3) is 4.20. The van der Waals surface area contributed by atoms with Crippen molar-refractivity contribution in [1.82, 2.24) is 19.5 Å². The fourth-order valence-electron chi connectivity index (χ4n) is 3.74. The van der Waals surface area contributed by atoms with E-state index in [4.69, 9.17) is 4.74 Å². The molecule has 0 saturated carbocycles. The van der Waals surface area contributed by atoms with Crippen LogP contribution in [0.15, 0.2) is 63.5 Å². The molecule has 160 valence electrons. The molecule has 1 aliphatic rings. The van der Waals surface area contributed by atoms with Gasteiger partial charge in [-0.05, 0) is 43.0 Å². The minimum atomic E-state index is -0.751. The molecule has 3 heterocycles. The van der Waals surface area contributed by atoms with Crippen molar-refractivity contribution in [1.29, 1.82) is 0 Å². The van der Waals surface area contributed by atoms with E-state index in [0.717, 1.165) is 29.4 Å². The summed E-state index contributed by atoms with van der Waals surface area (Å²) in [5, 5.41) is 17.1. The van der Waals surface area contributed by atoms with Gasteiger partial charge in [-0.3, -0.25) is 19.8 Å². The second kappa shape index (κ2) is 8.86. The first kappa shape index (κ1) is 20.4. The molecule has 2 N–H and O–H groups in total. The lowest BCUT2D eigenvalue weighted by Gasteiger charge is -2.33. The van der Waals surface area contributed by atoms with E-state index in [1.54, 1.807) is 30.5 Å². The molecule has 0 spiro atoms. The van der Waals surface area contributed by atoms with Gasteiger partial charge in [-0.25, -0.2) is 9.36 Å². The van der Waals surface area contributed by atoms with Crippen LogP contribution in [-0.4, -0.2) is 44.5 Å². The number of ether oxygens (including phenoxy) is 1. The van der Waals surface area contributed by atoms with Gasteiger partial charge in [-0.2, -0.15) is 5.10 Å². The van der Waals surface area contributed by atoms with Crippen LogP contribution in [0.1, 0.15) is 36.4 Å². The third-order valence-electron chi connectivity index (χ3n) is 5.31. The fourth-order valence-corrected chi connectivity index (χ4v) is 3.74. The van der Waals surface area contributed by atoms with Crippen molar-refractivity contribution in [2.24, 2.45) is 5.10 Å². The summed E-state index contributed by atoms with van der Waals surface area (Å²) in [6.07, 6.45) is 7.79. The molecule has 1 aromatic carbocycles. The number of methoxy groups -OCH3 is 1. The van der Waals surface area contributed by atoms with Gasteiger partial charge in [0, 0.05) is 25.0 Å². The molecule has 3 aromatic rings. The minimum Gasteiger partial charge on any atom is -0.497 e. The summed E-state index contributed by atoms with van der Waals surface area (Å²) in [6.45, 7) is 0.713. The summed E-state index contributed by atoms with van der Waals surface area (Å²) in [6, 6.07) is 10.5. The van der Waals surface area contributed by atoms with Gasteiger partial charge in [0.1, 0.15) is 11.3 Å². The maximum Gasteiger partial charge on any atom is 0.335 e. The van der Waals surface area contributed by atoms with Crippen LogP contribution < -0.4 is 16.0 Å². The molecule has 0 aliphatic carbocycles. The van der Waals surface area contributed by atoms with Crippen LogP contribution in [0.5, 0.6) is 11.6 Å². The van der Waals surface area contributed by atoms with Crippen molar-refractivity contribution >= 4 is 6.21 Å². The van der Waals surface area contributed by atoms with Crippen molar-refractivity contribution in [2.45, 2.75) is 25.3 Å². The van der Waals surface area contributed by atoms with Crippen molar-refractivity contribution in [3.05, 3.63) is 80.8 Å². The van der Waals surface area contributed by atoms with Gasteiger partial charge in [-0.1, -0.05) is 12.1 Å². The summed E-state index contributed by atoms with van der Waals surface area (Å²) in [5.74, 6) is 0.0264. The monoisotopic (exact) mass is 421 g/mol. The molecular formula is C22H23N5O4. The summed E-state index contributed by atoms with van der Waals surface area (Å²) in [5.41, 5.74) is -0.157. The van der Waals surface area contributed by atoms with Crippen LogP contribution in [0.2, 0.25) is 0 Å². The lowest BCUT2D eigenvalue weighted by atomic mass is 9.98. The largest absolute Gasteiger partial charge is 0.497 e. The van der Waals surface area contributed by atoms with E-state index in [9.17, 15) is 14.7 Å². The molecule has 4 rings (SSSR count). The summed E-state index contributed by atoms with van der Waals surface area (Å²) in [7, 11) is 1.50. The number of piperidine rings is 1. The minimum absolute atomic E-state index is 0.0317. The lowest BCUT2D eigenvalue weighted by molar-refractivity contribution is 0.156. The Bertz CT molecular complexity index is 1200. The number of nitrogens with zero attached hydrogens (tertiary/aromatic N) is 4. The molecule has 31 heavy (non-hydrogen) atoms. The quantitative estimate of drug-likeness (QED) is 0.611. The second-order valence-corrected chi connectivity index (χ2v) is 7.24. The summed E-state index contributed by atoms with van der Waals surface area (Å²) in [4.78, 5) is 31.3. The Balaban J connectivity index is 1.72. The van der Waals surface area contributed by atoms with E-state index < -0.39 is 17.1 Å². The van der Waals surface area contributed by atoms with Crippen molar-refractivity contribution in [2.75, 3.05) is 13.7 Å². The Morgan fingerprint density at radius 3 is 2.90 bits per heavy atom. The second-order valence-electron chi connectivity index (χ2n) is 7.24. The number of H-pyrrole nitrogens is 1. The van der Waals surface area contributed by atoms with Gasteiger partial charge in [0.05, 0.1) is 25.1 Å². The predicted octanol–water partition coefficient (Wildman–Crippen LogP) is 2.20. The van der Waals surface area contributed by atoms with E-state index in [2.05, 4.69) is 15.1 Å². The maximum atomic E-state index is 12.4. The molecule has 1 aliphatic heterocycles. The van der Waals surface area contributed by atoms with E-state index >= 15 is 0 Å². The zero-order chi connectivity index (χ0) is 21.8. The summed E-state index contributed by atoms with van der Waals surface area (Å²) >= 11 is 0. The highest BCUT2D eigenvalue weighted by Gasteiger charge is 2.23. The molecule has 1 fully saturated rings. The van der Waals surface area contributed by atoms with Crippen LogP contribution in [0.3, 0.4) is 0 Å². The zero-order valence-corrected chi connectivity index (χ0v) is 17.1. The first-order valence-electron chi connectivity index (χ1n) is 10.0. The number of hydrogen-bond acceptors (Lipinski definition) is 7. The van der Waals surface area contributed by atoms with Crippen LogP contribution in [0.4, 0.5) is 0 Å². The maximum absolute atomic E-state index is 12.4.